The molecule has 7 nitrogen and oxygen atoms in total. The Balaban J connectivity index is 1.68. The molecular weight excluding hydrogens is 332 g/mol. The van der Waals surface area contributed by atoms with E-state index in [0.29, 0.717) is 31.5 Å². The van der Waals surface area contributed by atoms with Crippen molar-refractivity contribution >= 4 is 12.0 Å². The lowest BCUT2D eigenvalue weighted by molar-refractivity contribution is -0.142. The fourth-order valence-electron chi connectivity index (χ4n) is 3.51. The van der Waals surface area contributed by atoms with E-state index in [-0.39, 0.29) is 24.0 Å². The van der Waals surface area contributed by atoms with Crippen molar-refractivity contribution in [1.82, 2.24) is 20.2 Å². The van der Waals surface area contributed by atoms with E-state index < -0.39 is 5.97 Å². The molecular formula is C19H24N4O3. The molecule has 0 saturated heterocycles. The number of carbonyl (C=O) groups excluding carboxylic acids is 1. The molecule has 1 atom stereocenters. The molecule has 26 heavy (non-hydrogen) atoms. The van der Waals surface area contributed by atoms with Gasteiger partial charge in [-0.05, 0) is 31.2 Å². The molecule has 3 N–H and O–H groups in total. The van der Waals surface area contributed by atoms with E-state index in [9.17, 15) is 9.59 Å². The average Bonchev–Trinajstić information content (AvgIpc) is 3.17. The van der Waals surface area contributed by atoms with Gasteiger partial charge in [-0.2, -0.15) is 0 Å². The van der Waals surface area contributed by atoms with Crippen LogP contribution in [0.25, 0.3) is 0 Å². The Morgan fingerprint density at radius 2 is 1.92 bits per heavy atom. The van der Waals surface area contributed by atoms with E-state index in [1.165, 1.54) is 0 Å². The predicted molar refractivity (Wildman–Crippen MR) is 96.5 cm³/mol. The molecule has 1 unspecified atom stereocenters. The van der Waals surface area contributed by atoms with Crippen molar-refractivity contribution in [1.29, 1.82) is 0 Å². The molecule has 7 heteroatoms. The molecule has 0 spiro atoms. The Morgan fingerprint density at radius 3 is 2.50 bits per heavy atom. The van der Waals surface area contributed by atoms with Gasteiger partial charge >= 0.3 is 12.0 Å². The summed E-state index contributed by atoms with van der Waals surface area (Å²) in [4.78, 5) is 32.9. The first-order valence-electron chi connectivity index (χ1n) is 8.86. The maximum atomic E-state index is 12.8. The third-order valence-electron chi connectivity index (χ3n) is 5.01. The van der Waals surface area contributed by atoms with Crippen LogP contribution in [0, 0.1) is 5.92 Å². The smallest absolute Gasteiger partial charge is 0.318 e. The molecule has 0 bridgehead atoms. The normalized spacial score (nSPS) is 21.0. The standard InChI is InChI=1S/C19H24N4O3/c1-23(19(26)22-15-9-7-14(8-10-15)18(24)25)16(17-20-11-12-21-17)13-5-3-2-4-6-13/h2-6,11-12,14-16H,7-10H2,1H3,(H,20,21)(H,22,26)(H,24,25). The van der Waals surface area contributed by atoms with Crippen LogP contribution < -0.4 is 5.32 Å². The van der Waals surface area contributed by atoms with Gasteiger partial charge in [-0.15, -0.1) is 0 Å². The number of rotatable bonds is 5. The number of nitrogens with one attached hydrogen (secondary N) is 2. The van der Waals surface area contributed by atoms with E-state index in [2.05, 4.69) is 15.3 Å². The van der Waals surface area contributed by atoms with E-state index in [0.717, 1.165) is 5.56 Å². The first-order chi connectivity index (χ1) is 12.6. The fraction of sp³-hybridized carbons (Fsp3) is 0.421. The molecule has 1 aromatic heterocycles. The lowest BCUT2D eigenvalue weighted by Gasteiger charge is -2.32. The number of carbonyl (C=O) groups is 2. The zero-order valence-electron chi connectivity index (χ0n) is 14.8. The maximum Gasteiger partial charge on any atom is 0.318 e. The van der Waals surface area contributed by atoms with Crippen LogP contribution in [-0.2, 0) is 4.79 Å². The SMILES string of the molecule is CN(C(=O)NC1CCC(C(=O)O)CC1)C(c1ccccc1)c1ncc[nH]1. The number of aliphatic carboxylic acids is 1. The van der Waals surface area contributed by atoms with Gasteiger partial charge in [-0.1, -0.05) is 30.3 Å². The second-order valence-corrected chi connectivity index (χ2v) is 6.73. The minimum atomic E-state index is -0.742. The highest BCUT2D eigenvalue weighted by molar-refractivity contribution is 5.75. The maximum absolute atomic E-state index is 12.8. The summed E-state index contributed by atoms with van der Waals surface area (Å²) in [7, 11) is 1.75. The fourth-order valence-corrected chi connectivity index (χ4v) is 3.51. The van der Waals surface area contributed by atoms with Gasteiger partial charge in [0.1, 0.15) is 11.9 Å². The van der Waals surface area contributed by atoms with Gasteiger partial charge in [0.05, 0.1) is 5.92 Å². The van der Waals surface area contributed by atoms with Gasteiger partial charge < -0.3 is 20.3 Å². The van der Waals surface area contributed by atoms with Gasteiger partial charge in [0.25, 0.3) is 0 Å². The Hall–Kier alpha value is -2.83. The van der Waals surface area contributed by atoms with Crippen molar-refractivity contribution in [2.24, 2.45) is 5.92 Å². The van der Waals surface area contributed by atoms with E-state index in [4.69, 9.17) is 5.11 Å². The second-order valence-electron chi connectivity index (χ2n) is 6.73. The Labute approximate surface area is 152 Å². The number of aromatic amines is 1. The van der Waals surface area contributed by atoms with Crippen LogP contribution in [-0.4, -0.2) is 45.1 Å². The van der Waals surface area contributed by atoms with Crippen molar-refractivity contribution in [3.8, 4) is 0 Å². The number of imidazole rings is 1. The summed E-state index contributed by atoms with van der Waals surface area (Å²) in [6.07, 6.45) is 5.99. The molecule has 1 heterocycles. The van der Waals surface area contributed by atoms with Gasteiger partial charge in [0.2, 0.25) is 0 Å². The first kappa shape index (κ1) is 18.0. The number of nitrogens with zero attached hydrogens (tertiary/aromatic N) is 2. The Morgan fingerprint density at radius 1 is 1.23 bits per heavy atom. The molecule has 138 valence electrons. The number of H-pyrrole nitrogens is 1. The van der Waals surface area contributed by atoms with Crippen LogP contribution >= 0.6 is 0 Å². The lowest BCUT2D eigenvalue weighted by atomic mass is 9.86. The molecule has 1 saturated carbocycles. The van der Waals surface area contributed by atoms with Crippen LogP contribution in [0.1, 0.15) is 43.1 Å². The molecule has 2 aromatic rings. The highest BCUT2D eigenvalue weighted by Crippen LogP contribution is 2.27. The number of hydrogen-bond acceptors (Lipinski definition) is 3. The summed E-state index contributed by atoms with van der Waals surface area (Å²) >= 11 is 0. The molecule has 1 aliphatic carbocycles. The van der Waals surface area contributed by atoms with Crippen LogP contribution in [0.4, 0.5) is 4.79 Å². The summed E-state index contributed by atoms with van der Waals surface area (Å²) < 4.78 is 0. The zero-order valence-corrected chi connectivity index (χ0v) is 14.8. The first-order valence-corrected chi connectivity index (χ1v) is 8.86. The minimum absolute atomic E-state index is 0.00794. The molecule has 3 rings (SSSR count). The van der Waals surface area contributed by atoms with Crippen molar-refractivity contribution < 1.29 is 14.7 Å². The molecule has 0 aliphatic heterocycles. The number of amides is 2. The van der Waals surface area contributed by atoms with Gasteiger partial charge in [-0.3, -0.25) is 4.79 Å². The van der Waals surface area contributed by atoms with E-state index >= 15 is 0 Å². The van der Waals surface area contributed by atoms with Crippen LogP contribution in [0.5, 0.6) is 0 Å². The zero-order chi connectivity index (χ0) is 18.5. The van der Waals surface area contributed by atoms with E-state index in [1.807, 2.05) is 30.3 Å². The summed E-state index contributed by atoms with van der Waals surface area (Å²) in [5.41, 5.74) is 0.967. The molecule has 1 aromatic carbocycles. The molecule has 0 radical (unpaired) electrons. The van der Waals surface area contributed by atoms with E-state index in [1.54, 1.807) is 24.3 Å². The Kier molecular flexibility index (Phi) is 5.55. The van der Waals surface area contributed by atoms with Crippen LogP contribution in [0.2, 0.25) is 0 Å². The number of benzene rings is 1. The van der Waals surface area contributed by atoms with Gasteiger partial charge in [-0.25, -0.2) is 9.78 Å². The second kappa shape index (κ2) is 8.03. The average molecular weight is 356 g/mol. The van der Waals surface area contributed by atoms with Crippen molar-refractivity contribution in [3.63, 3.8) is 0 Å². The third-order valence-corrected chi connectivity index (χ3v) is 5.01. The van der Waals surface area contributed by atoms with Crippen LogP contribution in [0.3, 0.4) is 0 Å². The molecule has 2 amide bonds. The van der Waals surface area contributed by atoms with Gasteiger partial charge in [0.15, 0.2) is 0 Å². The predicted octanol–water partition coefficient (Wildman–Crippen LogP) is 2.78. The number of hydrogen-bond donors (Lipinski definition) is 3. The lowest BCUT2D eigenvalue weighted by Crippen LogP contribution is -2.46. The number of carboxylic acid groups (broad SMARTS) is 1. The Bertz CT molecular complexity index is 725. The van der Waals surface area contributed by atoms with Crippen LogP contribution in [0.15, 0.2) is 42.7 Å². The molecule has 1 aliphatic rings. The van der Waals surface area contributed by atoms with Crippen molar-refractivity contribution in [2.75, 3.05) is 7.05 Å². The third kappa shape index (κ3) is 4.04. The highest BCUT2D eigenvalue weighted by Gasteiger charge is 2.30. The minimum Gasteiger partial charge on any atom is -0.481 e. The van der Waals surface area contributed by atoms with Crippen molar-refractivity contribution in [3.05, 3.63) is 54.1 Å². The topological polar surface area (TPSA) is 98.3 Å². The monoisotopic (exact) mass is 356 g/mol. The largest absolute Gasteiger partial charge is 0.481 e. The summed E-state index contributed by atoms with van der Waals surface area (Å²) in [6, 6.07) is 9.24. The quantitative estimate of drug-likeness (QED) is 0.767. The van der Waals surface area contributed by atoms with Crippen molar-refractivity contribution in [2.45, 2.75) is 37.8 Å². The highest BCUT2D eigenvalue weighted by atomic mass is 16.4. The number of urea groups is 1. The van der Waals surface area contributed by atoms with Gasteiger partial charge in [0, 0.05) is 25.5 Å². The summed E-state index contributed by atoms with van der Waals surface area (Å²) in [5.74, 6) is -0.335. The summed E-state index contributed by atoms with van der Waals surface area (Å²) in [6.45, 7) is 0. The summed E-state index contributed by atoms with van der Waals surface area (Å²) in [5, 5.41) is 12.1. The molecule has 1 fully saturated rings. The number of aromatic nitrogens is 2. The number of carboxylic acids is 1.